The Hall–Kier alpha value is -2.57. The van der Waals surface area contributed by atoms with Gasteiger partial charge in [0.25, 0.3) is 0 Å². The summed E-state index contributed by atoms with van der Waals surface area (Å²) in [6, 6.07) is 7.70. The van der Waals surface area contributed by atoms with Crippen LogP contribution in [0.1, 0.15) is 18.9 Å². The van der Waals surface area contributed by atoms with Crippen LogP contribution < -0.4 is 16.2 Å². The fourth-order valence-corrected chi connectivity index (χ4v) is 2.07. The first-order valence-corrected chi connectivity index (χ1v) is 6.71. The largest absolute Gasteiger partial charge is 0.376 e. The first-order chi connectivity index (χ1) is 10.1. The predicted octanol–water partition coefficient (Wildman–Crippen LogP) is -0.00190. The molecule has 0 bridgehead atoms. The molecular weight excluding hydrogens is 272 g/mol. The molecule has 0 saturated carbocycles. The van der Waals surface area contributed by atoms with Gasteiger partial charge in [-0.25, -0.2) is 0 Å². The predicted molar refractivity (Wildman–Crippen MR) is 76.9 cm³/mol. The average molecular weight is 290 g/mol. The van der Waals surface area contributed by atoms with Crippen LogP contribution in [0.2, 0.25) is 0 Å². The molecule has 0 unspecified atom stereocenters. The van der Waals surface area contributed by atoms with E-state index in [0.29, 0.717) is 13.1 Å². The first-order valence-electron chi connectivity index (χ1n) is 6.71. The second-order valence-electron chi connectivity index (χ2n) is 4.81. The van der Waals surface area contributed by atoms with Crippen LogP contribution in [0.25, 0.3) is 0 Å². The molecule has 1 aliphatic rings. The highest BCUT2D eigenvalue weighted by Gasteiger charge is 2.20. The fraction of sp³-hybridized carbons (Fsp3) is 0.357. The lowest BCUT2D eigenvalue weighted by molar-refractivity contribution is -0.131. The number of benzene rings is 1. The molecule has 1 aliphatic heterocycles. The number of para-hydroxylation sites is 1. The van der Waals surface area contributed by atoms with E-state index in [-0.39, 0.29) is 30.7 Å². The fourth-order valence-electron chi connectivity index (χ4n) is 2.07. The van der Waals surface area contributed by atoms with Crippen molar-refractivity contribution in [3.63, 3.8) is 0 Å². The van der Waals surface area contributed by atoms with Crippen LogP contribution >= 0.6 is 0 Å². The van der Waals surface area contributed by atoms with Gasteiger partial charge < -0.3 is 10.2 Å². The zero-order chi connectivity index (χ0) is 15.2. The minimum absolute atomic E-state index is 0.0569. The van der Waals surface area contributed by atoms with Gasteiger partial charge in [-0.05, 0) is 11.6 Å². The lowest BCUT2D eigenvalue weighted by Gasteiger charge is -2.20. The number of nitrogens with one attached hydrogen (secondary N) is 3. The number of amides is 3. The highest BCUT2D eigenvalue weighted by Crippen LogP contribution is 2.20. The molecule has 1 aromatic carbocycles. The van der Waals surface area contributed by atoms with Crippen LogP contribution in [0, 0.1) is 0 Å². The summed E-state index contributed by atoms with van der Waals surface area (Å²) in [7, 11) is 0. The summed E-state index contributed by atoms with van der Waals surface area (Å²) in [5.74, 6) is -0.727. The Kier molecular flexibility index (Phi) is 4.76. The Morgan fingerprint density at radius 1 is 1.29 bits per heavy atom. The van der Waals surface area contributed by atoms with E-state index in [4.69, 9.17) is 0 Å². The highest BCUT2D eigenvalue weighted by molar-refractivity contribution is 5.84. The van der Waals surface area contributed by atoms with Crippen LogP contribution in [-0.2, 0) is 20.9 Å². The van der Waals surface area contributed by atoms with Crippen LogP contribution in [0.15, 0.2) is 24.3 Å². The molecule has 0 aromatic heterocycles. The zero-order valence-electron chi connectivity index (χ0n) is 11.8. The van der Waals surface area contributed by atoms with Gasteiger partial charge in [-0.15, -0.1) is 0 Å². The molecule has 1 heterocycles. The van der Waals surface area contributed by atoms with E-state index in [2.05, 4.69) is 16.2 Å². The van der Waals surface area contributed by atoms with Gasteiger partial charge in [-0.2, -0.15) is 0 Å². The maximum atomic E-state index is 12.0. The molecule has 3 amide bonds. The van der Waals surface area contributed by atoms with E-state index in [1.54, 1.807) is 4.90 Å². The van der Waals surface area contributed by atoms with E-state index in [1.165, 1.54) is 6.92 Å². The van der Waals surface area contributed by atoms with Gasteiger partial charge >= 0.3 is 0 Å². The summed E-state index contributed by atoms with van der Waals surface area (Å²) in [4.78, 5) is 35.9. The van der Waals surface area contributed by atoms with Gasteiger partial charge in [-0.3, -0.25) is 25.2 Å². The quantitative estimate of drug-likeness (QED) is 0.683. The highest BCUT2D eigenvalue weighted by atomic mass is 16.2. The Balaban J connectivity index is 1.92. The van der Waals surface area contributed by atoms with Gasteiger partial charge in [0.1, 0.15) is 0 Å². The van der Waals surface area contributed by atoms with Gasteiger partial charge in [0, 0.05) is 32.1 Å². The van der Waals surface area contributed by atoms with Gasteiger partial charge in [0.2, 0.25) is 17.7 Å². The van der Waals surface area contributed by atoms with Gasteiger partial charge in [-0.1, -0.05) is 18.2 Å². The second kappa shape index (κ2) is 6.74. The number of rotatable bonds is 3. The number of fused-ring (bicyclic) bond motifs is 1. The SMILES string of the molecule is CC(=O)NNC(=O)CCN1Cc2ccccc2NCC1=O. The number of anilines is 1. The lowest BCUT2D eigenvalue weighted by atomic mass is 10.1. The number of hydrogen-bond acceptors (Lipinski definition) is 4. The minimum atomic E-state index is -0.340. The first kappa shape index (κ1) is 14.8. The standard InChI is InChI=1S/C14H18N4O3/c1-10(19)16-17-13(20)6-7-18-9-11-4-2-3-5-12(11)15-8-14(18)21/h2-5,15H,6-9H2,1H3,(H,16,19)(H,17,20). The Morgan fingerprint density at radius 2 is 2.05 bits per heavy atom. The summed E-state index contributed by atoms with van der Waals surface area (Å²) < 4.78 is 0. The third kappa shape index (κ3) is 4.20. The van der Waals surface area contributed by atoms with Crippen molar-refractivity contribution in [2.75, 3.05) is 18.4 Å². The van der Waals surface area contributed by atoms with E-state index in [0.717, 1.165) is 11.3 Å². The van der Waals surface area contributed by atoms with Crippen molar-refractivity contribution >= 4 is 23.4 Å². The van der Waals surface area contributed by atoms with Crippen molar-refractivity contribution in [1.82, 2.24) is 15.8 Å². The smallest absolute Gasteiger partial charge is 0.242 e. The third-order valence-electron chi connectivity index (χ3n) is 3.15. The molecule has 2 rings (SSSR count). The molecule has 7 nitrogen and oxygen atoms in total. The Morgan fingerprint density at radius 3 is 2.81 bits per heavy atom. The molecule has 7 heteroatoms. The zero-order valence-corrected chi connectivity index (χ0v) is 11.8. The average Bonchev–Trinajstić information content (AvgIpc) is 2.62. The molecule has 0 aliphatic carbocycles. The van der Waals surface area contributed by atoms with Crippen LogP contribution in [0.5, 0.6) is 0 Å². The van der Waals surface area contributed by atoms with Gasteiger partial charge in [0.15, 0.2) is 0 Å². The van der Waals surface area contributed by atoms with E-state index in [1.807, 2.05) is 24.3 Å². The van der Waals surface area contributed by atoms with Gasteiger partial charge in [0.05, 0.1) is 6.54 Å². The van der Waals surface area contributed by atoms with Crippen molar-refractivity contribution < 1.29 is 14.4 Å². The van der Waals surface area contributed by atoms with E-state index >= 15 is 0 Å². The molecule has 0 fully saturated rings. The molecule has 3 N–H and O–H groups in total. The van der Waals surface area contributed by atoms with Crippen LogP contribution in [0.4, 0.5) is 5.69 Å². The Labute approximate surface area is 122 Å². The molecule has 1 aromatic rings. The number of hydrazine groups is 1. The van der Waals surface area contributed by atoms with Crippen molar-refractivity contribution in [2.45, 2.75) is 19.9 Å². The summed E-state index contributed by atoms with van der Waals surface area (Å²) in [6.45, 7) is 2.29. The summed E-state index contributed by atoms with van der Waals surface area (Å²) in [6.07, 6.45) is 0.133. The van der Waals surface area contributed by atoms with E-state index in [9.17, 15) is 14.4 Å². The molecule has 21 heavy (non-hydrogen) atoms. The Bertz CT molecular complexity index is 559. The normalized spacial score (nSPS) is 13.8. The molecule has 112 valence electrons. The summed E-state index contributed by atoms with van der Waals surface area (Å²) in [5.41, 5.74) is 6.46. The van der Waals surface area contributed by atoms with Crippen LogP contribution in [-0.4, -0.2) is 35.7 Å². The van der Waals surface area contributed by atoms with Crippen molar-refractivity contribution in [2.24, 2.45) is 0 Å². The molecule has 0 saturated heterocycles. The minimum Gasteiger partial charge on any atom is -0.376 e. The maximum Gasteiger partial charge on any atom is 0.242 e. The number of nitrogens with zero attached hydrogens (tertiary/aromatic N) is 1. The number of carbonyl (C=O) groups is 3. The summed E-state index contributed by atoms with van der Waals surface area (Å²) in [5, 5.41) is 3.08. The van der Waals surface area contributed by atoms with Crippen molar-refractivity contribution in [3.8, 4) is 0 Å². The molecule has 0 atom stereocenters. The van der Waals surface area contributed by atoms with Crippen molar-refractivity contribution in [3.05, 3.63) is 29.8 Å². The third-order valence-corrected chi connectivity index (χ3v) is 3.15. The maximum absolute atomic E-state index is 12.0. The second-order valence-corrected chi connectivity index (χ2v) is 4.81. The summed E-state index contributed by atoms with van der Waals surface area (Å²) >= 11 is 0. The number of hydrogen-bond donors (Lipinski definition) is 3. The van der Waals surface area contributed by atoms with Crippen molar-refractivity contribution in [1.29, 1.82) is 0 Å². The molecule has 0 spiro atoms. The number of carbonyl (C=O) groups excluding carboxylic acids is 3. The monoisotopic (exact) mass is 290 g/mol. The van der Waals surface area contributed by atoms with E-state index < -0.39 is 0 Å². The topological polar surface area (TPSA) is 90.5 Å². The lowest BCUT2D eigenvalue weighted by Crippen LogP contribution is -2.42. The molecular formula is C14H18N4O3. The van der Waals surface area contributed by atoms with Crippen LogP contribution in [0.3, 0.4) is 0 Å². The molecule has 0 radical (unpaired) electrons.